The van der Waals surface area contributed by atoms with E-state index in [0.29, 0.717) is 15.7 Å². The quantitative estimate of drug-likeness (QED) is 0.425. The lowest BCUT2D eigenvalue weighted by Crippen LogP contribution is -2.14. The molecule has 0 fully saturated rings. The number of rotatable bonds is 5. The molecule has 0 atom stereocenters. The van der Waals surface area contributed by atoms with E-state index >= 15 is 0 Å². The highest BCUT2D eigenvalue weighted by Gasteiger charge is 2.22. The topological polar surface area (TPSA) is 49.3 Å². The van der Waals surface area contributed by atoms with Crippen molar-refractivity contribution in [2.75, 3.05) is 11.1 Å². The highest BCUT2D eigenvalue weighted by Crippen LogP contribution is 2.40. The van der Waals surface area contributed by atoms with Gasteiger partial charge in [0, 0.05) is 20.6 Å². The molecule has 0 aliphatic carbocycles. The SMILES string of the molecule is CCSc1c(C)c(-c2ccc(Cl)cc2)cc(O)c1C(=O)Nc1ccc(Cl)cc1. The van der Waals surface area contributed by atoms with E-state index in [1.165, 1.54) is 11.8 Å². The van der Waals surface area contributed by atoms with Gasteiger partial charge >= 0.3 is 0 Å². The molecule has 0 bridgehead atoms. The van der Waals surface area contributed by atoms with Crippen LogP contribution in [0.15, 0.2) is 59.5 Å². The summed E-state index contributed by atoms with van der Waals surface area (Å²) in [5.41, 5.74) is 3.62. The molecule has 6 heteroatoms. The van der Waals surface area contributed by atoms with Gasteiger partial charge in [0.1, 0.15) is 5.75 Å². The molecule has 0 heterocycles. The van der Waals surface area contributed by atoms with Gasteiger partial charge < -0.3 is 10.4 Å². The Hall–Kier alpha value is -2.14. The summed E-state index contributed by atoms with van der Waals surface area (Å²) in [4.78, 5) is 13.7. The Balaban J connectivity index is 2.05. The third-order valence-electron chi connectivity index (χ3n) is 4.28. The van der Waals surface area contributed by atoms with Gasteiger partial charge in [-0.3, -0.25) is 4.79 Å². The van der Waals surface area contributed by atoms with Crippen LogP contribution in [-0.4, -0.2) is 16.8 Å². The van der Waals surface area contributed by atoms with Crippen LogP contribution in [0.1, 0.15) is 22.8 Å². The molecule has 3 aromatic rings. The lowest BCUT2D eigenvalue weighted by Gasteiger charge is -2.17. The van der Waals surface area contributed by atoms with Crippen LogP contribution in [-0.2, 0) is 0 Å². The monoisotopic (exact) mass is 431 g/mol. The number of phenols is 1. The molecule has 0 aliphatic rings. The van der Waals surface area contributed by atoms with Crippen LogP contribution >= 0.6 is 35.0 Å². The molecule has 0 aliphatic heterocycles. The summed E-state index contributed by atoms with van der Waals surface area (Å²) in [6.07, 6.45) is 0. The Bertz CT molecular complexity index is 1000. The summed E-state index contributed by atoms with van der Waals surface area (Å²) in [7, 11) is 0. The Morgan fingerprint density at radius 1 is 1.04 bits per heavy atom. The number of carbonyl (C=O) groups excluding carboxylic acids is 1. The van der Waals surface area contributed by atoms with E-state index in [2.05, 4.69) is 5.32 Å². The minimum Gasteiger partial charge on any atom is -0.507 e. The maximum absolute atomic E-state index is 12.9. The second-order valence-electron chi connectivity index (χ2n) is 6.17. The van der Waals surface area contributed by atoms with Crippen LogP contribution in [0.5, 0.6) is 5.75 Å². The van der Waals surface area contributed by atoms with Crippen molar-refractivity contribution in [3.63, 3.8) is 0 Å². The molecule has 3 aromatic carbocycles. The number of carbonyl (C=O) groups is 1. The van der Waals surface area contributed by atoms with Crippen LogP contribution in [0.3, 0.4) is 0 Å². The molecular formula is C22H19Cl2NO2S. The lowest BCUT2D eigenvalue weighted by atomic mass is 9.97. The average Bonchev–Trinajstić information content (AvgIpc) is 2.67. The van der Waals surface area contributed by atoms with Crippen LogP contribution in [0, 0.1) is 6.92 Å². The molecule has 1 amide bonds. The lowest BCUT2D eigenvalue weighted by molar-refractivity contribution is 0.102. The van der Waals surface area contributed by atoms with E-state index in [1.807, 2.05) is 26.0 Å². The van der Waals surface area contributed by atoms with Gasteiger partial charge in [-0.2, -0.15) is 0 Å². The molecule has 0 radical (unpaired) electrons. The summed E-state index contributed by atoms with van der Waals surface area (Å²) in [5.74, 6) is 0.352. The molecule has 0 saturated heterocycles. The Labute approximate surface area is 178 Å². The molecule has 0 saturated carbocycles. The normalized spacial score (nSPS) is 10.7. The maximum atomic E-state index is 12.9. The first-order valence-electron chi connectivity index (χ1n) is 8.73. The number of benzene rings is 3. The minimum atomic E-state index is -0.360. The van der Waals surface area contributed by atoms with Gasteiger partial charge in [0.2, 0.25) is 0 Å². The van der Waals surface area contributed by atoms with Crippen LogP contribution in [0.25, 0.3) is 11.1 Å². The summed E-state index contributed by atoms with van der Waals surface area (Å²) in [6, 6.07) is 15.9. The first-order valence-corrected chi connectivity index (χ1v) is 10.5. The smallest absolute Gasteiger partial charge is 0.260 e. The van der Waals surface area contributed by atoms with Crippen molar-refractivity contribution in [1.29, 1.82) is 0 Å². The zero-order valence-electron chi connectivity index (χ0n) is 15.4. The van der Waals surface area contributed by atoms with Gasteiger partial charge in [-0.15, -0.1) is 11.8 Å². The van der Waals surface area contributed by atoms with Crippen molar-refractivity contribution in [3.05, 3.63) is 75.8 Å². The number of halogens is 2. The van der Waals surface area contributed by atoms with Gasteiger partial charge in [-0.05, 0) is 71.8 Å². The molecule has 0 aromatic heterocycles. The Morgan fingerprint density at radius 2 is 1.61 bits per heavy atom. The average molecular weight is 432 g/mol. The van der Waals surface area contributed by atoms with E-state index < -0.39 is 0 Å². The number of amides is 1. The fourth-order valence-corrected chi connectivity index (χ4v) is 4.15. The predicted molar refractivity (Wildman–Crippen MR) is 119 cm³/mol. The summed E-state index contributed by atoms with van der Waals surface area (Å²) in [6.45, 7) is 3.97. The third kappa shape index (κ3) is 4.46. The van der Waals surface area contributed by atoms with Gasteiger partial charge in [0.25, 0.3) is 5.91 Å². The number of phenolic OH excluding ortho intramolecular Hbond substituents is 1. The number of thioether (sulfide) groups is 1. The fraction of sp³-hybridized carbons (Fsp3) is 0.136. The standard InChI is InChI=1S/C22H19Cl2NO2S/c1-3-28-21-13(2)18(14-4-6-15(23)7-5-14)12-19(26)20(21)22(27)25-17-10-8-16(24)9-11-17/h4-12,26H,3H2,1-2H3,(H,25,27). The summed E-state index contributed by atoms with van der Waals surface area (Å²) in [5, 5.41) is 14.8. The molecule has 2 N–H and O–H groups in total. The van der Waals surface area contributed by atoms with Crippen molar-refractivity contribution in [2.24, 2.45) is 0 Å². The van der Waals surface area contributed by atoms with Crippen LogP contribution < -0.4 is 5.32 Å². The van der Waals surface area contributed by atoms with Crippen molar-refractivity contribution in [2.45, 2.75) is 18.7 Å². The molecular weight excluding hydrogens is 413 g/mol. The van der Waals surface area contributed by atoms with E-state index in [4.69, 9.17) is 23.2 Å². The van der Waals surface area contributed by atoms with Gasteiger partial charge in [0.15, 0.2) is 0 Å². The van der Waals surface area contributed by atoms with Gasteiger partial charge in [-0.25, -0.2) is 0 Å². The van der Waals surface area contributed by atoms with Crippen molar-refractivity contribution >= 4 is 46.6 Å². The zero-order chi connectivity index (χ0) is 20.3. The van der Waals surface area contributed by atoms with Crippen LogP contribution in [0.2, 0.25) is 10.0 Å². The van der Waals surface area contributed by atoms with Crippen molar-refractivity contribution < 1.29 is 9.90 Å². The molecule has 0 unspecified atom stereocenters. The second-order valence-corrected chi connectivity index (χ2v) is 8.32. The maximum Gasteiger partial charge on any atom is 0.260 e. The zero-order valence-corrected chi connectivity index (χ0v) is 17.8. The van der Waals surface area contributed by atoms with Gasteiger partial charge in [0.05, 0.1) is 5.56 Å². The molecule has 144 valence electrons. The first kappa shape index (κ1) is 20.6. The largest absolute Gasteiger partial charge is 0.507 e. The van der Waals surface area contributed by atoms with Gasteiger partial charge in [-0.1, -0.05) is 42.3 Å². The predicted octanol–water partition coefficient (Wildman–Crippen LogP) is 7.04. The van der Waals surface area contributed by atoms with Crippen molar-refractivity contribution in [1.82, 2.24) is 0 Å². The molecule has 0 spiro atoms. The summed E-state index contributed by atoms with van der Waals surface area (Å²) >= 11 is 13.4. The van der Waals surface area contributed by atoms with E-state index in [0.717, 1.165) is 27.3 Å². The molecule has 3 nitrogen and oxygen atoms in total. The third-order valence-corrected chi connectivity index (χ3v) is 5.87. The highest BCUT2D eigenvalue weighted by molar-refractivity contribution is 7.99. The fourth-order valence-electron chi connectivity index (χ4n) is 2.94. The number of aromatic hydroxyl groups is 1. The van der Waals surface area contributed by atoms with E-state index in [1.54, 1.807) is 42.5 Å². The first-order chi connectivity index (χ1) is 13.4. The Morgan fingerprint density at radius 3 is 2.18 bits per heavy atom. The van der Waals surface area contributed by atoms with E-state index in [-0.39, 0.29) is 17.2 Å². The highest BCUT2D eigenvalue weighted by atomic mass is 35.5. The number of hydrogen-bond acceptors (Lipinski definition) is 3. The second kappa shape index (κ2) is 8.91. The number of hydrogen-bond donors (Lipinski definition) is 2. The summed E-state index contributed by atoms with van der Waals surface area (Å²) < 4.78 is 0. The number of anilines is 1. The van der Waals surface area contributed by atoms with Crippen molar-refractivity contribution in [3.8, 4) is 16.9 Å². The Kier molecular flexibility index (Phi) is 6.55. The minimum absolute atomic E-state index is 0.0574. The molecule has 3 rings (SSSR count). The molecule has 28 heavy (non-hydrogen) atoms. The van der Waals surface area contributed by atoms with Crippen LogP contribution in [0.4, 0.5) is 5.69 Å². The number of nitrogens with one attached hydrogen (secondary N) is 1. The van der Waals surface area contributed by atoms with E-state index in [9.17, 15) is 9.90 Å².